The van der Waals surface area contributed by atoms with Crippen LogP contribution in [0, 0.1) is 5.41 Å². The Labute approximate surface area is 121 Å². The number of allylic oxidation sites excluding steroid dienone is 1. The van der Waals surface area contributed by atoms with Crippen molar-refractivity contribution in [2.24, 2.45) is 5.41 Å². The first-order chi connectivity index (χ1) is 8.42. The zero-order valence-electron chi connectivity index (χ0n) is 10.5. The highest BCUT2D eigenvalue weighted by molar-refractivity contribution is 14.1. The number of ketones is 2. The molecule has 0 atom stereocenters. The average molecular weight is 354 g/mol. The molecule has 0 saturated heterocycles. The van der Waals surface area contributed by atoms with E-state index in [1.165, 1.54) is 0 Å². The minimum Gasteiger partial charge on any atom is -0.299 e. The summed E-state index contributed by atoms with van der Waals surface area (Å²) in [5.74, 6) is 0.0236. The van der Waals surface area contributed by atoms with Crippen molar-refractivity contribution in [3.8, 4) is 0 Å². The molecule has 2 rings (SSSR count). The van der Waals surface area contributed by atoms with Crippen molar-refractivity contribution < 1.29 is 9.59 Å². The summed E-state index contributed by atoms with van der Waals surface area (Å²) < 4.78 is 0.968. The van der Waals surface area contributed by atoms with E-state index in [0.29, 0.717) is 6.42 Å². The minimum atomic E-state index is -0.362. The first kappa shape index (κ1) is 13.5. The quantitative estimate of drug-likeness (QED) is 0.437. The highest BCUT2D eigenvalue weighted by atomic mass is 127. The SMILES string of the molecule is CC1(C)CC(=O)CC(=O)C1=C(I)c1ccccc1. The summed E-state index contributed by atoms with van der Waals surface area (Å²) in [5, 5.41) is 0. The average Bonchev–Trinajstić information content (AvgIpc) is 2.27. The molecule has 0 spiro atoms. The molecule has 1 aliphatic rings. The predicted octanol–water partition coefficient (Wildman–Crippen LogP) is 3.79. The van der Waals surface area contributed by atoms with Crippen LogP contribution in [0.3, 0.4) is 0 Å². The van der Waals surface area contributed by atoms with Crippen LogP contribution in [0.2, 0.25) is 0 Å². The van der Waals surface area contributed by atoms with Crippen molar-refractivity contribution in [1.29, 1.82) is 0 Å². The third kappa shape index (κ3) is 2.55. The lowest BCUT2D eigenvalue weighted by Crippen LogP contribution is -2.32. The standard InChI is InChI=1S/C15H15IO2/c1-15(2)9-11(17)8-12(18)13(15)14(16)10-6-4-3-5-7-10/h3-7H,8-9H2,1-2H3. The van der Waals surface area contributed by atoms with E-state index in [9.17, 15) is 9.59 Å². The number of hydrogen-bond acceptors (Lipinski definition) is 2. The van der Waals surface area contributed by atoms with Crippen molar-refractivity contribution in [3.05, 3.63) is 41.5 Å². The Bertz CT molecular complexity index is 527. The van der Waals surface area contributed by atoms with Gasteiger partial charge in [-0.1, -0.05) is 44.2 Å². The molecule has 0 N–H and O–H groups in total. The van der Waals surface area contributed by atoms with Crippen LogP contribution in [-0.4, -0.2) is 11.6 Å². The van der Waals surface area contributed by atoms with E-state index in [2.05, 4.69) is 22.6 Å². The second-order valence-electron chi connectivity index (χ2n) is 5.25. The molecule has 94 valence electrons. The van der Waals surface area contributed by atoms with E-state index < -0.39 is 0 Å². The number of hydrogen-bond donors (Lipinski definition) is 0. The molecule has 0 amide bonds. The third-order valence-electron chi connectivity index (χ3n) is 3.20. The van der Waals surface area contributed by atoms with Gasteiger partial charge >= 0.3 is 0 Å². The van der Waals surface area contributed by atoms with Crippen LogP contribution in [0.4, 0.5) is 0 Å². The van der Waals surface area contributed by atoms with Gasteiger partial charge in [-0.15, -0.1) is 0 Å². The molecule has 1 aliphatic carbocycles. The molecule has 18 heavy (non-hydrogen) atoms. The number of carbonyl (C=O) groups excluding carboxylic acids is 2. The van der Waals surface area contributed by atoms with Gasteiger partial charge in [0, 0.05) is 21.0 Å². The molecule has 1 saturated carbocycles. The van der Waals surface area contributed by atoms with Gasteiger partial charge in [0.15, 0.2) is 5.78 Å². The number of carbonyl (C=O) groups is 2. The number of rotatable bonds is 1. The zero-order valence-corrected chi connectivity index (χ0v) is 12.7. The van der Waals surface area contributed by atoms with Gasteiger partial charge in [0.05, 0.1) is 6.42 Å². The van der Waals surface area contributed by atoms with Crippen LogP contribution in [0.5, 0.6) is 0 Å². The summed E-state index contributed by atoms with van der Waals surface area (Å²) in [6.45, 7) is 3.94. The second-order valence-corrected chi connectivity index (χ2v) is 6.33. The van der Waals surface area contributed by atoms with Gasteiger partial charge < -0.3 is 0 Å². The minimum absolute atomic E-state index is 0.0236. The van der Waals surface area contributed by atoms with Gasteiger partial charge in [-0.05, 0) is 28.2 Å². The van der Waals surface area contributed by atoms with Crippen LogP contribution in [-0.2, 0) is 9.59 Å². The maximum Gasteiger partial charge on any atom is 0.167 e. The molecular formula is C15H15IO2. The Kier molecular flexibility index (Phi) is 3.71. The van der Waals surface area contributed by atoms with E-state index in [1.807, 2.05) is 44.2 Å². The van der Waals surface area contributed by atoms with Gasteiger partial charge in [0.2, 0.25) is 0 Å². The summed E-state index contributed by atoms with van der Waals surface area (Å²) in [6.07, 6.45) is 0.505. The van der Waals surface area contributed by atoms with Crippen molar-refractivity contribution in [3.63, 3.8) is 0 Å². The first-order valence-electron chi connectivity index (χ1n) is 5.92. The molecule has 3 heteroatoms. The lowest BCUT2D eigenvalue weighted by atomic mass is 9.71. The van der Waals surface area contributed by atoms with Crippen molar-refractivity contribution in [2.45, 2.75) is 26.7 Å². The molecule has 2 nitrogen and oxygen atoms in total. The molecule has 0 aliphatic heterocycles. The molecule has 1 aromatic rings. The third-order valence-corrected chi connectivity index (χ3v) is 4.36. The van der Waals surface area contributed by atoms with Crippen LogP contribution in [0.1, 0.15) is 32.3 Å². The van der Waals surface area contributed by atoms with Crippen LogP contribution < -0.4 is 0 Å². The molecule has 1 aromatic carbocycles. The molecular weight excluding hydrogens is 339 g/mol. The Balaban J connectivity index is 2.53. The summed E-state index contributed by atoms with van der Waals surface area (Å²) in [6, 6.07) is 9.86. The maximum atomic E-state index is 12.2. The van der Waals surface area contributed by atoms with Crippen molar-refractivity contribution in [1.82, 2.24) is 0 Å². The second kappa shape index (κ2) is 4.96. The Morgan fingerprint density at radius 1 is 1.17 bits per heavy atom. The highest BCUT2D eigenvalue weighted by Gasteiger charge is 2.38. The molecule has 0 aromatic heterocycles. The predicted molar refractivity (Wildman–Crippen MR) is 80.4 cm³/mol. The fourth-order valence-electron chi connectivity index (χ4n) is 2.44. The molecule has 1 fully saturated rings. The molecule has 0 radical (unpaired) electrons. The van der Waals surface area contributed by atoms with Crippen molar-refractivity contribution >= 4 is 37.7 Å². The Morgan fingerprint density at radius 2 is 1.78 bits per heavy atom. The summed E-state index contributed by atoms with van der Waals surface area (Å²) >= 11 is 2.22. The van der Waals surface area contributed by atoms with E-state index >= 15 is 0 Å². The number of halogens is 1. The van der Waals surface area contributed by atoms with Crippen molar-refractivity contribution in [2.75, 3.05) is 0 Å². The lowest BCUT2D eigenvalue weighted by molar-refractivity contribution is -0.129. The zero-order chi connectivity index (χ0) is 13.3. The van der Waals surface area contributed by atoms with Gasteiger partial charge in [-0.2, -0.15) is 0 Å². The fraction of sp³-hybridized carbons (Fsp3) is 0.333. The van der Waals surface area contributed by atoms with Crippen LogP contribution >= 0.6 is 22.6 Å². The molecule has 0 heterocycles. The maximum absolute atomic E-state index is 12.2. The number of Topliss-reactive ketones (excluding diaryl/α,β-unsaturated/α-hetero) is 2. The topological polar surface area (TPSA) is 34.1 Å². The highest BCUT2D eigenvalue weighted by Crippen LogP contribution is 2.43. The number of benzene rings is 1. The Hall–Kier alpha value is -0.970. The Morgan fingerprint density at radius 3 is 2.33 bits per heavy atom. The van der Waals surface area contributed by atoms with Gasteiger partial charge in [-0.25, -0.2) is 0 Å². The fourth-order valence-corrected chi connectivity index (χ4v) is 3.83. The summed E-state index contributed by atoms with van der Waals surface area (Å²) in [7, 11) is 0. The monoisotopic (exact) mass is 354 g/mol. The molecule has 0 bridgehead atoms. The van der Waals surface area contributed by atoms with Crippen LogP contribution in [0.25, 0.3) is 3.58 Å². The van der Waals surface area contributed by atoms with E-state index in [1.54, 1.807) is 0 Å². The first-order valence-corrected chi connectivity index (χ1v) is 7.00. The summed E-state index contributed by atoms with van der Waals surface area (Å²) in [4.78, 5) is 23.7. The summed E-state index contributed by atoms with van der Waals surface area (Å²) in [5.41, 5.74) is 1.48. The largest absolute Gasteiger partial charge is 0.299 e. The van der Waals surface area contributed by atoms with E-state index in [-0.39, 0.29) is 23.4 Å². The molecule has 0 unspecified atom stereocenters. The van der Waals surface area contributed by atoms with Gasteiger partial charge in [0.25, 0.3) is 0 Å². The van der Waals surface area contributed by atoms with E-state index in [4.69, 9.17) is 0 Å². The van der Waals surface area contributed by atoms with E-state index in [0.717, 1.165) is 14.7 Å². The normalized spacial score (nSPS) is 21.9. The smallest absolute Gasteiger partial charge is 0.167 e. The lowest BCUT2D eigenvalue weighted by Gasteiger charge is -2.32. The van der Waals surface area contributed by atoms with Gasteiger partial charge in [-0.3, -0.25) is 9.59 Å². The van der Waals surface area contributed by atoms with Crippen LogP contribution in [0.15, 0.2) is 35.9 Å². The van der Waals surface area contributed by atoms with Gasteiger partial charge in [0.1, 0.15) is 5.78 Å².